The highest BCUT2D eigenvalue weighted by Crippen LogP contribution is 2.22. The summed E-state index contributed by atoms with van der Waals surface area (Å²) in [5.74, 6) is 0. The van der Waals surface area contributed by atoms with Crippen LogP contribution in [0.3, 0.4) is 0 Å². The lowest BCUT2D eigenvalue weighted by molar-refractivity contribution is -0.339. The van der Waals surface area contributed by atoms with Crippen LogP contribution in [0.2, 0.25) is 0 Å². The van der Waals surface area contributed by atoms with Gasteiger partial charge in [0.1, 0.15) is 0 Å². The summed E-state index contributed by atoms with van der Waals surface area (Å²) in [5.41, 5.74) is -1.26. The molecular formula is C16H27O6Si. The summed E-state index contributed by atoms with van der Waals surface area (Å²) in [5, 5.41) is 0. The van der Waals surface area contributed by atoms with Gasteiger partial charge >= 0.3 is 0 Å². The Morgan fingerprint density at radius 3 is 1.30 bits per heavy atom. The zero-order chi connectivity index (χ0) is 16.0. The molecular weight excluding hydrogens is 316 g/mol. The maximum atomic E-state index is 5.87. The summed E-state index contributed by atoms with van der Waals surface area (Å²) >= 11 is 0. The Balaban J connectivity index is 1.46. The second kappa shape index (κ2) is 8.89. The molecule has 3 radical (unpaired) electrons. The van der Waals surface area contributed by atoms with Gasteiger partial charge in [0, 0.05) is 19.8 Å². The van der Waals surface area contributed by atoms with Crippen LogP contribution in [-0.2, 0) is 28.4 Å². The van der Waals surface area contributed by atoms with E-state index in [-0.39, 0.29) is 18.3 Å². The lowest BCUT2D eigenvalue weighted by Crippen LogP contribution is -2.45. The molecule has 3 aliphatic heterocycles. The fraction of sp³-hybridized carbons (Fsp3) is 1.00. The predicted octanol–water partition coefficient (Wildman–Crippen LogP) is 1.35. The molecule has 3 fully saturated rings. The van der Waals surface area contributed by atoms with Crippen LogP contribution in [0.25, 0.3) is 0 Å². The summed E-state index contributed by atoms with van der Waals surface area (Å²) in [6.45, 7) is 3.74. The van der Waals surface area contributed by atoms with Crippen LogP contribution < -0.4 is 0 Å². The van der Waals surface area contributed by atoms with Gasteiger partial charge in [0.2, 0.25) is 5.60 Å². The first-order valence-electron chi connectivity index (χ1n) is 8.75. The second-order valence-electron chi connectivity index (χ2n) is 6.39. The average Bonchev–Trinajstić information content (AvgIpc) is 3.33. The molecule has 3 aliphatic rings. The molecule has 0 spiro atoms. The van der Waals surface area contributed by atoms with Gasteiger partial charge in [-0.25, -0.2) is 0 Å². The third-order valence-corrected chi connectivity index (χ3v) is 4.88. The van der Waals surface area contributed by atoms with Crippen molar-refractivity contribution in [2.45, 2.75) is 62.4 Å². The minimum absolute atomic E-state index is 0.114. The molecule has 3 rings (SSSR count). The minimum atomic E-state index is -1.26. The summed E-state index contributed by atoms with van der Waals surface area (Å²) in [4.78, 5) is 0. The third-order valence-electron chi connectivity index (χ3n) is 4.45. The van der Waals surface area contributed by atoms with Crippen LogP contribution in [0.1, 0.15) is 38.5 Å². The van der Waals surface area contributed by atoms with E-state index >= 15 is 0 Å². The van der Waals surface area contributed by atoms with Gasteiger partial charge in [0.15, 0.2) is 10.2 Å². The van der Waals surface area contributed by atoms with Gasteiger partial charge in [-0.15, -0.1) is 0 Å². The normalized spacial score (nSPS) is 34.0. The van der Waals surface area contributed by atoms with Crippen molar-refractivity contribution >= 4 is 10.2 Å². The van der Waals surface area contributed by atoms with Crippen molar-refractivity contribution in [2.24, 2.45) is 0 Å². The molecule has 3 unspecified atom stereocenters. The molecule has 131 valence electrons. The molecule has 3 heterocycles. The Bertz CT molecular complexity index is 287. The number of hydrogen-bond acceptors (Lipinski definition) is 6. The van der Waals surface area contributed by atoms with Gasteiger partial charge in [-0.3, -0.25) is 0 Å². The van der Waals surface area contributed by atoms with E-state index in [2.05, 4.69) is 10.2 Å². The third kappa shape index (κ3) is 5.77. The molecule has 0 aliphatic carbocycles. The number of rotatable bonds is 9. The van der Waals surface area contributed by atoms with Crippen LogP contribution in [0.5, 0.6) is 0 Å². The number of ether oxygens (including phenoxy) is 6. The predicted molar refractivity (Wildman–Crippen MR) is 83.3 cm³/mol. The maximum Gasteiger partial charge on any atom is 0.248 e. The van der Waals surface area contributed by atoms with Crippen LogP contribution >= 0.6 is 0 Å². The van der Waals surface area contributed by atoms with E-state index in [1.807, 2.05) is 0 Å². The Labute approximate surface area is 141 Å². The summed E-state index contributed by atoms with van der Waals surface area (Å²) in [6.07, 6.45) is 6.62. The highest BCUT2D eigenvalue weighted by atomic mass is 28.1. The Morgan fingerprint density at radius 1 is 0.696 bits per heavy atom. The van der Waals surface area contributed by atoms with Crippen LogP contribution in [0.15, 0.2) is 0 Å². The first kappa shape index (κ1) is 17.8. The average molecular weight is 343 g/mol. The van der Waals surface area contributed by atoms with Gasteiger partial charge in [0.05, 0.1) is 38.1 Å². The molecule has 7 heteroatoms. The van der Waals surface area contributed by atoms with E-state index in [9.17, 15) is 0 Å². The Kier molecular flexibility index (Phi) is 6.88. The largest absolute Gasteiger partial charge is 0.376 e. The highest BCUT2D eigenvalue weighted by Gasteiger charge is 2.33. The second-order valence-corrected chi connectivity index (χ2v) is 7.01. The lowest BCUT2D eigenvalue weighted by Gasteiger charge is -2.32. The first-order valence-corrected chi connectivity index (χ1v) is 9.25. The summed E-state index contributed by atoms with van der Waals surface area (Å²) in [7, 11) is 3.53. The fourth-order valence-electron chi connectivity index (χ4n) is 3.06. The molecule has 0 N–H and O–H groups in total. The zero-order valence-electron chi connectivity index (χ0n) is 13.7. The van der Waals surface area contributed by atoms with E-state index in [4.69, 9.17) is 28.4 Å². The Hall–Kier alpha value is -0.0231. The van der Waals surface area contributed by atoms with E-state index in [0.717, 1.165) is 58.3 Å². The standard InChI is InChI=1S/C16H27O6Si/c23-16(20-10-13-4-1-7-17-13,21-11-14-5-2-8-18-14)22-12-15-6-3-9-19-15/h13-15H,1-12H2. The molecule has 0 aromatic heterocycles. The maximum absolute atomic E-state index is 5.87. The fourth-order valence-corrected chi connectivity index (χ4v) is 3.31. The SMILES string of the molecule is [Si]C(OCC1CCCO1)(OCC1CCCO1)OCC1CCCO1. The van der Waals surface area contributed by atoms with Crippen molar-refractivity contribution < 1.29 is 28.4 Å². The number of hydrogen-bond donors (Lipinski definition) is 0. The van der Waals surface area contributed by atoms with Gasteiger partial charge in [-0.1, -0.05) is 0 Å². The first-order chi connectivity index (χ1) is 11.2. The van der Waals surface area contributed by atoms with Crippen molar-refractivity contribution in [3.63, 3.8) is 0 Å². The molecule has 3 atom stereocenters. The molecule has 0 bridgehead atoms. The summed E-state index contributed by atoms with van der Waals surface area (Å²) in [6, 6.07) is 0. The molecule has 23 heavy (non-hydrogen) atoms. The van der Waals surface area contributed by atoms with E-state index in [1.54, 1.807) is 0 Å². The van der Waals surface area contributed by atoms with Crippen molar-refractivity contribution in [2.75, 3.05) is 39.6 Å². The molecule has 0 aromatic carbocycles. The van der Waals surface area contributed by atoms with Crippen LogP contribution in [0.4, 0.5) is 0 Å². The van der Waals surface area contributed by atoms with E-state index in [0.29, 0.717) is 19.8 Å². The monoisotopic (exact) mass is 343 g/mol. The minimum Gasteiger partial charge on any atom is -0.376 e. The molecule has 6 nitrogen and oxygen atoms in total. The van der Waals surface area contributed by atoms with E-state index < -0.39 is 5.60 Å². The van der Waals surface area contributed by atoms with Crippen LogP contribution in [-0.4, -0.2) is 73.8 Å². The highest BCUT2D eigenvalue weighted by molar-refractivity contribution is 6.12. The lowest BCUT2D eigenvalue weighted by atomic mass is 10.2. The van der Waals surface area contributed by atoms with Gasteiger partial charge in [0.25, 0.3) is 0 Å². The zero-order valence-corrected chi connectivity index (χ0v) is 14.7. The van der Waals surface area contributed by atoms with Crippen molar-refractivity contribution in [3.8, 4) is 0 Å². The van der Waals surface area contributed by atoms with Crippen molar-refractivity contribution in [1.82, 2.24) is 0 Å². The van der Waals surface area contributed by atoms with Crippen molar-refractivity contribution in [1.29, 1.82) is 0 Å². The smallest absolute Gasteiger partial charge is 0.248 e. The topological polar surface area (TPSA) is 55.4 Å². The van der Waals surface area contributed by atoms with Crippen molar-refractivity contribution in [3.05, 3.63) is 0 Å². The van der Waals surface area contributed by atoms with Gasteiger partial charge < -0.3 is 28.4 Å². The summed E-state index contributed by atoms with van der Waals surface area (Å²) < 4.78 is 34.4. The quantitative estimate of drug-likeness (QED) is 0.465. The molecule has 0 aromatic rings. The molecule has 0 amide bonds. The van der Waals surface area contributed by atoms with E-state index in [1.165, 1.54) is 0 Å². The van der Waals surface area contributed by atoms with Gasteiger partial charge in [-0.2, -0.15) is 0 Å². The molecule has 3 saturated heterocycles. The van der Waals surface area contributed by atoms with Gasteiger partial charge in [-0.05, 0) is 38.5 Å². The van der Waals surface area contributed by atoms with Crippen LogP contribution in [0, 0.1) is 0 Å². The Morgan fingerprint density at radius 2 is 1.04 bits per heavy atom. The molecule has 0 saturated carbocycles.